The summed E-state index contributed by atoms with van der Waals surface area (Å²) < 4.78 is 10.4. The molecule has 19 heavy (non-hydrogen) atoms. The molecular weight excluding hydrogens is 244 g/mol. The van der Waals surface area contributed by atoms with Gasteiger partial charge in [0.15, 0.2) is 0 Å². The Hall–Kier alpha value is -2.04. The number of hydrogen-bond donors (Lipinski definition) is 2. The van der Waals surface area contributed by atoms with Crippen molar-refractivity contribution in [2.45, 2.75) is 33.3 Å². The molecule has 0 fully saturated rings. The van der Waals surface area contributed by atoms with Crippen LogP contribution in [0.5, 0.6) is 5.75 Å². The van der Waals surface area contributed by atoms with Gasteiger partial charge in [0.05, 0.1) is 6.61 Å². The second kappa shape index (κ2) is 6.22. The summed E-state index contributed by atoms with van der Waals surface area (Å²) >= 11 is 0. The first-order valence-corrected chi connectivity index (χ1v) is 6.13. The molecule has 0 aliphatic carbocycles. The van der Waals surface area contributed by atoms with Crippen molar-refractivity contribution in [2.75, 3.05) is 6.61 Å². The predicted octanol–water partition coefficient (Wildman–Crippen LogP) is 2.94. The maximum Gasteiger partial charge on any atom is 0.413 e. The first kappa shape index (κ1) is 15.0. The molecule has 0 atom stereocenters. The maximum absolute atomic E-state index is 11.5. The first-order chi connectivity index (χ1) is 8.81. The molecule has 0 heterocycles. The molecular formula is C14H20N2O3. The molecule has 1 aromatic carbocycles. The standard InChI is InChI=1S/C14H20N2O3/c1-5-18-11-8-6-10(7-9-11)12(15)16-13(17)19-14(2,3)4/h6-9H,5H2,1-4H3,(H2,15,16,17). The zero-order valence-corrected chi connectivity index (χ0v) is 11.7. The highest BCUT2D eigenvalue weighted by atomic mass is 16.6. The van der Waals surface area contributed by atoms with Crippen LogP contribution in [0.15, 0.2) is 24.3 Å². The van der Waals surface area contributed by atoms with Gasteiger partial charge in [-0.25, -0.2) is 4.79 Å². The van der Waals surface area contributed by atoms with Crippen molar-refractivity contribution >= 4 is 11.9 Å². The van der Waals surface area contributed by atoms with Gasteiger partial charge in [0.1, 0.15) is 17.2 Å². The van der Waals surface area contributed by atoms with Crippen molar-refractivity contribution in [3.8, 4) is 5.75 Å². The van der Waals surface area contributed by atoms with Crippen LogP contribution in [0.3, 0.4) is 0 Å². The summed E-state index contributed by atoms with van der Waals surface area (Å²) in [6.07, 6.45) is -0.633. The number of benzene rings is 1. The van der Waals surface area contributed by atoms with Gasteiger partial charge in [-0.2, -0.15) is 0 Å². The molecule has 104 valence electrons. The molecule has 0 bridgehead atoms. The van der Waals surface area contributed by atoms with E-state index in [0.717, 1.165) is 5.75 Å². The topological polar surface area (TPSA) is 71.4 Å². The molecule has 0 unspecified atom stereocenters. The second-order valence-electron chi connectivity index (χ2n) is 4.96. The molecule has 0 saturated heterocycles. The predicted molar refractivity (Wildman–Crippen MR) is 73.8 cm³/mol. The molecule has 2 N–H and O–H groups in total. The molecule has 0 radical (unpaired) electrons. The van der Waals surface area contributed by atoms with E-state index < -0.39 is 11.7 Å². The summed E-state index contributed by atoms with van der Waals surface area (Å²) in [5, 5.41) is 10.2. The summed E-state index contributed by atoms with van der Waals surface area (Å²) in [5.41, 5.74) is 0.0118. The molecule has 1 aromatic rings. The van der Waals surface area contributed by atoms with Gasteiger partial charge < -0.3 is 9.47 Å². The number of carbonyl (C=O) groups excluding carboxylic acids is 1. The number of amidine groups is 1. The lowest BCUT2D eigenvalue weighted by Gasteiger charge is -2.19. The molecule has 0 saturated carbocycles. The molecule has 0 aliphatic rings. The van der Waals surface area contributed by atoms with Crippen molar-refractivity contribution in [2.24, 2.45) is 0 Å². The fourth-order valence-electron chi connectivity index (χ4n) is 1.36. The van der Waals surface area contributed by atoms with Crippen LogP contribution in [0.4, 0.5) is 4.79 Å². The Morgan fingerprint density at radius 2 is 1.84 bits per heavy atom. The summed E-state index contributed by atoms with van der Waals surface area (Å²) in [6, 6.07) is 6.93. The van der Waals surface area contributed by atoms with Crippen LogP contribution in [0.1, 0.15) is 33.3 Å². The fraction of sp³-hybridized carbons (Fsp3) is 0.429. The van der Waals surface area contributed by atoms with Crippen molar-refractivity contribution in [3.63, 3.8) is 0 Å². The van der Waals surface area contributed by atoms with Crippen LogP contribution >= 0.6 is 0 Å². The quantitative estimate of drug-likeness (QED) is 0.651. The van der Waals surface area contributed by atoms with Crippen molar-refractivity contribution in [1.29, 1.82) is 5.41 Å². The number of hydrogen-bond acceptors (Lipinski definition) is 4. The molecule has 1 rings (SSSR count). The van der Waals surface area contributed by atoms with E-state index in [1.165, 1.54) is 0 Å². The van der Waals surface area contributed by atoms with E-state index in [4.69, 9.17) is 14.9 Å². The molecule has 0 spiro atoms. The Morgan fingerprint density at radius 3 is 2.32 bits per heavy atom. The SMILES string of the molecule is CCOc1ccc(C(=N)NC(=O)OC(C)(C)C)cc1. The number of amides is 1. The highest BCUT2D eigenvalue weighted by Gasteiger charge is 2.17. The van der Waals surface area contributed by atoms with E-state index in [0.29, 0.717) is 12.2 Å². The highest BCUT2D eigenvalue weighted by Crippen LogP contribution is 2.12. The van der Waals surface area contributed by atoms with E-state index in [2.05, 4.69) is 5.32 Å². The first-order valence-electron chi connectivity index (χ1n) is 6.13. The van der Waals surface area contributed by atoms with E-state index in [-0.39, 0.29) is 5.84 Å². The molecule has 1 amide bonds. The zero-order chi connectivity index (χ0) is 14.5. The van der Waals surface area contributed by atoms with Crippen LogP contribution in [0.25, 0.3) is 0 Å². The highest BCUT2D eigenvalue weighted by molar-refractivity contribution is 6.04. The Morgan fingerprint density at radius 1 is 1.26 bits per heavy atom. The zero-order valence-electron chi connectivity index (χ0n) is 11.7. The largest absolute Gasteiger partial charge is 0.494 e. The summed E-state index contributed by atoms with van der Waals surface area (Å²) in [6.45, 7) is 7.81. The third-order valence-corrected chi connectivity index (χ3v) is 2.08. The molecule has 5 nitrogen and oxygen atoms in total. The Kier molecular flexibility index (Phi) is 4.92. The normalized spacial score (nSPS) is 10.7. The minimum atomic E-state index is -0.633. The monoisotopic (exact) mass is 264 g/mol. The van der Waals surface area contributed by atoms with Crippen molar-refractivity contribution in [3.05, 3.63) is 29.8 Å². The maximum atomic E-state index is 11.5. The second-order valence-corrected chi connectivity index (χ2v) is 4.96. The smallest absolute Gasteiger partial charge is 0.413 e. The van der Waals surface area contributed by atoms with Crippen LogP contribution in [0.2, 0.25) is 0 Å². The third kappa shape index (κ3) is 5.42. The number of ether oxygens (including phenoxy) is 2. The molecule has 5 heteroatoms. The molecule has 0 aromatic heterocycles. The number of alkyl carbamates (subject to hydrolysis) is 1. The van der Waals surface area contributed by atoms with Crippen LogP contribution in [0, 0.1) is 5.41 Å². The summed E-state index contributed by atoms with van der Waals surface area (Å²) in [5.74, 6) is 0.730. The van der Waals surface area contributed by atoms with Gasteiger partial charge in [-0.3, -0.25) is 10.7 Å². The van der Waals surface area contributed by atoms with Gasteiger partial charge in [0.2, 0.25) is 0 Å². The van der Waals surface area contributed by atoms with E-state index in [9.17, 15) is 4.79 Å². The van der Waals surface area contributed by atoms with Gasteiger partial charge >= 0.3 is 6.09 Å². The van der Waals surface area contributed by atoms with Crippen LogP contribution in [-0.2, 0) is 4.74 Å². The average Bonchev–Trinajstić information content (AvgIpc) is 2.27. The van der Waals surface area contributed by atoms with Gasteiger partial charge in [0.25, 0.3) is 0 Å². The minimum absolute atomic E-state index is 0.00250. The van der Waals surface area contributed by atoms with E-state index in [1.54, 1.807) is 45.0 Å². The third-order valence-electron chi connectivity index (χ3n) is 2.08. The van der Waals surface area contributed by atoms with Crippen LogP contribution < -0.4 is 10.1 Å². The van der Waals surface area contributed by atoms with Crippen molar-refractivity contribution in [1.82, 2.24) is 5.32 Å². The summed E-state index contributed by atoms with van der Waals surface area (Å²) in [7, 11) is 0. The van der Waals surface area contributed by atoms with Crippen LogP contribution in [-0.4, -0.2) is 24.1 Å². The number of rotatable bonds is 3. The minimum Gasteiger partial charge on any atom is -0.494 e. The lowest BCUT2D eigenvalue weighted by Crippen LogP contribution is -2.36. The number of carbonyl (C=O) groups is 1. The lowest BCUT2D eigenvalue weighted by molar-refractivity contribution is 0.0563. The number of nitrogens with one attached hydrogen (secondary N) is 2. The Balaban J connectivity index is 2.60. The fourth-order valence-corrected chi connectivity index (χ4v) is 1.36. The van der Waals surface area contributed by atoms with Gasteiger partial charge in [-0.05, 0) is 52.0 Å². The average molecular weight is 264 g/mol. The molecule has 0 aliphatic heterocycles. The van der Waals surface area contributed by atoms with Gasteiger partial charge in [-0.1, -0.05) is 0 Å². The Labute approximate surface area is 113 Å². The van der Waals surface area contributed by atoms with E-state index >= 15 is 0 Å². The summed E-state index contributed by atoms with van der Waals surface area (Å²) in [4.78, 5) is 11.5. The van der Waals surface area contributed by atoms with E-state index in [1.807, 2.05) is 6.92 Å². The Bertz CT molecular complexity index is 447. The lowest BCUT2D eigenvalue weighted by atomic mass is 10.2. The van der Waals surface area contributed by atoms with Gasteiger partial charge in [-0.15, -0.1) is 0 Å². The van der Waals surface area contributed by atoms with Gasteiger partial charge in [0, 0.05) is 5.56 Å². The van der Waals surface area contributed by atoms with Crippen molar-refractivity contribution < 1.29 is 14.3 Å².